The Morgan fingerprint density at radius 3 is 2.35 bits per heavy atom. The van der Waals surface area contributed by atoms with E-state index in [1.807, 2.05) is 0 Å². The molecule has 0 aliphatic rings. The summed E-state index contributed by atoms with van der Waals surface area (Å²) in [4.78, 5) is 0. The smallest absolute Gasteiger partial charge is 0.326 e. The highest BCUT2D eigenvalue weighted by Crippen LogP contribution is 2.31. The number of H-pyrrole nitrogens is 1. The predicted octanol–water partition coefficient (Wildman–Crippen LogP) is 2.55. The van der Waals surface area contributed by atoms with E-state index in [4.69, 9.17) is 5.73 Å². The SMILES string of the molecule is NCc1cn[nH]c1-c1ccc(C(F)(F)F)cc1. The third-order valence-electron chi connectivity index (χ3n) is 2.44. The number of halogens is 3. The molecular weight excluding hydrogens is 231 g/mol. The molecule has 0 radical (unpaired) electrons. The molecule has 0 amide bonds. The van der Waals surface area contributed by atoms with E-state index < -0.39 is 11.7 Å². The summed E-state index contributed by atoms with van der Waals surface area (Å²) in [6.45, 7) is 0.285. The molecule has 3 N–H and O–H groups in total. The molecule has 0 saturated carbocycles. The first-order valence-corrected chi connectivity index (χ1v) is 4.92. The summed E-state index contributed by atoms with van der Waals surface area (Å²) in [6.07, 6.45) is -2.75. The van der Waals surface area contributed by atoms with Gasteiger partial charge in [0.05, 0.1) is 17.5 Å². The normalized spacial score (nSPS) is 11.8. The van der Waals surface area contributed by atoms with Crippen molar-refractivity contribution < 1.29 is 13.2 Å². The maximum absolute atomic E-state index is 12.4. The van der Waals surface area contributed by atoms with Gasteiger partial charge in [-0.3, -0.25) is 5.10 Å². The average Bonchev–Trinajstić information content (AvgIpc) is 2.76. The van der Waals surface area contributed by atoms with Crippen molar-refractivity contribution in [3.8, 4) is 11.3 Å². The molecule has 0 fully saturated rings. The van der Waals surface area contributed by atoms with Gasteiger partial charge in [0.1, 0.15) is 0 Å². The molecule has 1 aromatic carbocycles. The number of hydrogen-bond acceptors (Lipinski definition) is 2. The van der Waals surface area contributed by atoms with Crippen molar-refractivity contribution in [2.75, 3.05) is 0 Å². The number of aromatic nitrogens is 2. The molecule has 3 nitrogen and oxygen atoms in total. The van der Waals surface area contributed by atoms with Crippen molar-refractivity contribution in [1.29, 1.82) is 0 Å². The Labute approximate surface area is 95.5 Å². The molecule has 1 heterocycles. The number of nitrogens with zero attached hydrogens (tertiary/aromatic N) is 1. The van der Waals surface area contributed by atoms with E-state index in [-0.39, 0.29) is 6.54 Å². The topological polar surface area (TPSA) is 54.7 Å². The third-order valence-corrected chi connectivity index (χ3v) is 2.44. The average molecular weight is 241 g/mol. The number of alkyl halides is 3. The lowest BCUT2D eigenvalue weighted by molar-refractivity contribution is -0.137. The van der Waals surface area contributed by atoms with Crippen molar-refractivity contribution in [3.05, 3.63) is 41.6 Å². The molecule has 90 valence electrons. The number of hydrogen-bond donors (Lipinski definition) is 2. The van der Waals surface area contributed by atoms with E-state index in [0.717, 1.165) is 17.7 Å². The zero-order chi connectivity index (χ0) is 12.5. The van der Waals surface area contributed by atoms with Gasteiger partial charge in [0.2, 0.25) is 0 Å². The molecule has 0 atom stereocenters. The van der Waals surface area contributed by atoms with Crippen molar-refractivity contribution in [1.82, 2.24) is 10.2 Å². The first-order chi connectivity index (χ1) is 8.02. The van der Waals surface area contributed by atoms with Crippen LogP contribution in [-0.2, 0) is 12.7 Å². The number of nitrogens with two attached hydrogens (primary N) is 1. The molecule has 0 spiro atoms. The second kappa shape index (κ2) is 4.21. The first kappa shape index (κ1) is 11.7. The minimum absolute atomic E-state index is 0.285. The van der Waals surface area contributed by atoms with Crippen LogP contribution in [0.15, 0.2) is 30.5 Å². The molecule has 0 aliphatic heterocycles. The fourth-order valence-electron chi connectivity index (χ4n) is 1.54. The molecule has 0 saturated heterocycles. The molecule has 1 aromatic heterocycles. The highest BCUT2D eigenvalue weighted by Gasteiger charge is 2.30. The minimum Gasteiger partial charge on any atom is -0.326 e. The fourth-order valence-corrected chi connectivity index (χ4v) is 1.54. The van der Waals surface area contributed by atoms with Gasteiger partial charge in [0.15, 0.2) is 0 Å². The Bertz CT molecular complexity index is 499. The Morgan fingerprint density at radius 2 is 1.82 bits per heavy atom. The van der Waals surface area contributed by atoms with Crippen LogP contribution in [0, 0.1) is 0 Å². The Balaban J connectivity index is 2.36. The van der Waals surface area contributed by atoms with Gasteiger partial charge in [-0.05, 0) is 17.7 Å². The molecule has 2 rings (SSSR count). The Hall–Kier alpha value is -1.82. The standard InChI is InChI=1S/C11H10F3N3/c12-11(13,14)9-3-1-7(2-4-9)10-8(5-15)6-16-17-10/h1-4,6H,5,15H2,(H,16,17). The van der Waals surface area contributed by atoms with Gasteiger partial charge in [-0.1, -0.05) is 12.1 Å². The van der Waals surface area contributed by atoms with Crippen LogP contribution in [0.2, 0.25) is 0 Å². The van der Waals surface area contributed by atoms with E-state index in [0.29, 0.717) is 11.3 Å². The summed E-state index contributed by atoms with van der Waals surface area (Å²) in [5, 5.41) is 6.53. The highest BCUT2D eigenvalue weighted by molar-refractivity contribution is 5.62. The maximum Gasteiger partial charge on any atom is 0.416 e. The highest BCUT2D eigenvalue weighted by atomic mass is 19.4. The van der Waals surface area contributed by atoms with E-state index in [9.17, 15) is 13.2 Å². The molecule has 6 heteroatoms. The number of aromatic amines is 1. The number of nitrogens with one attached hydrogen (secondary N) is 1. The lowest BCUT2D eigenvalue weighted by atomic mass is 10.1. The zero-order valence-corrected chi connectivity index (χ0v) is 8.75. The summed E-state index contributed by atoms with van der Waals surface area (Å²) in [6, 6.07) is 4.87. The van der Waals surface area contributed by atoms with Crippen LogP contribution >= 0.6 is 0 Å². The lowest BCUT2D eigenvalue weighted by Crippen LogP contribution is -2.04. The van der Waals surface area contributed by atoms with Gasteiger partial charge in [-0.2, -0.15) is 18.3 Å². The molecular formula is C11H10F3N3. The lowest BCUT2D eigenvalue weighted by Gasteiger charge is -2.07. The summed E-state index contributed by atoms with van der Waals surface area (Å²) in [5.74, 6) is 0. The first-order valence-electron chi connectivity index (χ1n) is 4.92. The van der Waals surface area contributed by atoms with Gasteiger partial charge in [-0.25, -0.2) is 0 Å². The van der Waals surface area contributed by atoms with Crippen LogP contribution in [0.5, 0.6) is 0 Å². The maximum atomic E-state index is 12.4. The number of benzene rings is 1. The van der Waals surface area contributed by atoms with Crippen LogP contribution in [0.25, 0.3) is 11.3 Å². The largest absolute Gasteiger partial charge is 0.416 e. The van der Waals surface area contributed by atoms with Crippen molar-refractivity contribution in [2.45, 2.75) is 12.7 Å². The molecule has 2 aromatic rings. The van der Waals surface area contributed by atoms with Crippen molar-refractivity contribution in [3.63, 3.8) is 0 Å². The Morgan fingerprint density at radius 1 is 1.18 bits per heavy atom. The molecule has 0 unspecified atom stereocenters. The van der Waals surface area contributed by atoms with Gasteiger partial charge in [0, 0.05) is 12.1 Å². The third kappa shape index (κ3) is 2.31. The van der Waals surface area contributed by atoms with E-state index in [2.05, 4.69) is 10.2 Å². The Kier molecular flexibility index (Phi) is 2.89. The molecule has 17 heavy (non-hydrogen) atoms. The quantitative estimate of drug-likeness (QED) is 0.848. The zero-order valence-electron chi connectivity index (χ0n) is 8.75. The molecule has 0 aliphatic carbocycles. The van der Waals surface area contributed by atoms with Crippen LogP contribution < -0.4 is 5.73 Å². The monoisotopic (exact) mass is 241 g/mol. The van der Waals surface area contributed by atoms with Crippen LogP contribution in [0.1, 0.15) is 11.1 Å². The minimum atomic E-state index is -4.32. The second-order valence-corrected chi connectivity index (χ2v) is 3.55. The van der Waals surface area contributed by atoms with Gasteiger partial charge >= 0.3 is 6.18 Å². The van der Waals surface area contributed by atoms with Crippen molar-refractivity contribution >= 4 is 0 Å². The molecule has 0 bridgehead atoms. The van der Waals surface area contributed by atoms with Crippen LogP contribution in [0.3, 0.4) is 0 Å². The fraction of sp³-hybridized carbons (Fsp3) is 0.182. The van der Waals surface area contributed by atoms with E-state index >= 15 is 0 Å². The summed E-state index contributed by atoms with van der Waals surface area (Å²) in [5.41, 5.74) is 6.88. The summed E-state index contributed by atoms with van der Waals surface area (Å²) >= 11 is 0. The predicted molar refractivity (Wildman–Crippen MR) is 56.9 cm³/mol. The van der Waals surface area contributed by atoms with Gasteiger partial charge in [-0.15, -0.1) is 0 Å². The van der Waals surface area contributed by atoms with Crippen LogP contribution in [0.4, 0.5) is 13.2 Å². The van der Waals surface area contributed by atoms with Crippen molar-refractivity contribution in [2.24, 2.45) is 5.73 Å². The summed E-state index contributed by atoms with van der Waals surface area (Å²) < 4.78 is 37.1. The van der Waals surface area contributed by atoms with Crippen LogP contribution in [-0.4, -0.2) is 10.2 Å². The van der Waals surface area contributed by atoms with Gasteiger partial charge < -0.3 is 5.73 Å². The number of rotatable bonds is 2. The van der Waals surface area contributed by atoms with Gasteiger partial charge in [0.25, 0.3) is 0 Å². The summed E-state index contributed by atoms with van der Waals surface area (Å²) in [7, 11) is 0. The van der Waals surface area contributed by atoms with E-state index in [1.54, 1.807) is 6.20 Å². The van der Waals surface area contributed by atoms with E-state index in [1.165, 1.54) is 12.1 Å². The second-order valence-electron chi connectivity index (χ2n) is 3.55.